The van der Waals surface area contributed by atoms with E-state index in [0.717, 1.165) is 16.7 Å². The van der Waals surface area contributed by atoms with Crippen LogP contribution in [0.4, 0.5) is 10.2 Å². The molecule has 5 heteroatoms. The summed E-state index contributed by atoms with van der Waals surface area (Å²) >= 11 is 3.14. The molecule has 1 heterocycles. The van der Waals surface area contributed by atoms with Crippen LogP contribution in [0, 0.1) is 12.7 Å². The second kappa shape index (κ2) is 5.04. The molecule has 0 aliphatic rings. The Morgan fingerprint density at radius 3 is 2.72 bits per heavy atom. The van der Waals surface area contributed by atoms with Gasteiger partial charge in [-0.15, -0.1) is 0 Å². The van der Waals surface area contributed by atoms with Crippen molar-refractivity contribution in [2.24, 2.45) is 5.73 Å². The topological polar surface area (TPSA) is 64.9 Å². The molecule has 0 saturated carbocycles. The number of rotatable bonds is 2. The highest BCUT2D eigenvalue weighted by molar-refractivity contribution is 9.10. The molecule has 0 amide bonds. The van der Waals surface area contributed by atoms with Gasteiger partial charge < -0.3 is 11.5 Å². The van der Waals surface area contributed by atoms with E-state index in [-0.39, 0.29) is 5.82 Å². The number of nitrogens with two attached hydrogens (primary N) is 2. The predicted octanol–water partition coefficient (Wildman–Crippen LogP) is 2.92. The Balaban J connectivity index is 2.44. The highest BCUT2D eigenvalue weighted by Crippen LogP contribution is 2.27. The molecule has 1 atom stereocenters. The van der Waals surface area contributed by atoms with Crippen molar-refractivity contribution < 1.29 is 4.39 Å². The lowest BCUT2D eigenvalue weighted by Gasteiger charge is -2.15. The second-order valence-electron chi connectivity index (χ2n) is 4.14. The van der Waals surface area contributed by atoms with E-state index in [0.29, 0.717) is 10.3 Å². The van der Waals surface area contributed by atoms with E-state index in [2.05, 4.69) is 20.9 Å². The Hall–Kier alpha value is -1.46. The number of pyridine rings is 1. The second-order valence-corrected chi connectivity index (χ2v) is 4.99. The normalized spacial score (nSPS) is 12.4. The number of nitrogens with zero attached hydrogens (tertiary/aromatic N) is 1. The van der Waals surface area contributed by atoms with Crippen LogP contribution in [0.1, 0.15) is 22.7 Å². The van der Waals surface area contributed by atoms with Gasteiger partial charge in [-0.1, -0.05) is 6.07 Å². The van der Waals surface area contributed by atoms with Gasteiger partial charge in [-0.3, -0.25) is 0 Å². The molecule has 0 aliphatic heterocycles. The third-order valence-corrected chi connectivity index (χ3v) is 3.33. The standard InChI is InChI=1S/C13H13BrFN3/c1-7-4-9(13(17)18-6-7)12(16)8-2-3-11(15)10(14)5-8/h2-6,12H,16H2,1H3,(H2,17,18). The van der Waals surface area contributed by atoms with Crippen LogP contribution in [0.3, 0.4) is 0 Å². The van der Waals surface area contributed by atoms with Crippen molar-refractivity contribution in [2.45, 2.75) is 13.0 Å². The molecule has 0 fully saturated rings. The van der Waals surface area contributed by atoms with Gasteiger partial charge in [-0.05, 0) is 52.2 Å². The molecule has 0 radical (unpaired) electrons. The zero-order valence-corrected chi connectivity index (χ0v) is 11.4. The third-order valence-electron chi connectivity index (χ3n) is 2.72. The molecule has 0 saturated heterocycles. The number of benzene rings is 1. The fraction of sp³-hybridized carbons (Fsp3) is 0.154. The summed E-state index contributed by atoms with van der Waals surface area (Å²) in [6, 6.07) is 6.14. The van der Waals surface area contributed by atoms with E-state index in [1.165, 1.54) is 6.07 Å². The summed E-state index contributed by atoms with van der Waals surface area (Å²) in [4.78, 5) is 4.08. The number of halogens is 2. The van der Waals surface area contributed by atoms with Crippen LogP contribution in [-0.2, 0) is 0 Å². The number of hydrogen-bond donors (Lipinski definition) is 2. The van der Waals surface area contributed by atoms with Gasteiger partial charge in [0, 0.05) is 11.8 Å². The van der Waals surface area contributed by atoms with Crippen molar-refractivity contribution in [3.8, 4) is 0 Å². The molecule has 1 aromatic heterocycles. The third kappa shape index (κ3) is 2.52. The first-order valence-electron chi connectivity index (χ1n) is 5.41. The molecule has 2 aromatic rings. The number of anilines is 1. The lowest BCUT2D eigenvalue weighted by molar-refractivity contribution is 0.619. The molecule has 2 rings (SSSR count). The van der Waals surface area contributed by atoms with Crippen molar-refractivity contribution >= 4 is 21.7 Å². The minimum atomic E-state index is -0.422. The highest BCUT2D eigenvalue weighted by Gasteiger charge is 2.14. The minimum Gasteiger partial charge on any atom is -0.383 e. The Bertz CT molecular complexity index is 586. The van der Waals surface area contributed by atoms with Crippen molar-refractivity contribution in [3.05, 3.63) is 57.4 Å². The average Bonchev–Trinajstić information content (AvgIpc) is 2.35. The van der Waals surface area contributed by atoms with Crippen LogP contribution >= 0.6 is 15.9 Å². The van der Waals surface area contributed by atoms with Gasteiger partial charge in [0.05, 0.1) is 10.5 Å². The first-order valence-corrected chi connectivity index (χ1v) is 6.21. The zero-order chi connectivity index (χ0) is 13.3. The minimum absolute atomic E-state index is 0.318. The van der Waals surface area contributed by atoms with E-state index in [1.807, 2.05) is 13.0 Å². The lowest BCUT2D eigenvalue weighted by Crippen LogP contribution is -2.15. The maximum Gasteiger partial charge on any atom is 0.137 e. The van der Waals surface area contributed by atoms with Gasteiger partial charge in [-0.2, -0.15) is 0 Å². The Labute approximate surface area is 113 Å². The zero-order valence-electron chi connectivity index (χ0n) is 9.82. The van der Waals surface area contributed by atoms with Gasteiger partial charge >= 0.3 is 0 Å². The number of aryl methyl sites for hydroxylation is 1. The van der Waals surface area contributed by atoms with E-state index < -0.39 is 6.04 Å². The van der Waals surface area contributed by atoms with E-state index in [9.17, 15) is 4.39 Å². The van der Waals surface area contributed by atoms with Crippen molar-refractivity contribution in [2.75, 3.05) is 5.73 Å². The summed E-state index contributed by atoms with van der Waals surface area (Å²) in [5, 5.41) is 0. The average molecular weight is 310 g/mol. The Morgan fingerprint density at radius 1 is 1.33 bits per heavy atom. The predicted molar refractivity (Wildman–Crippen MR) is 73.5 cm³/mol. The van der Waals surface area contributed by atoms with Crippen LogP contribution < -0.4 is 11.5 Å². The molecule has 4 N–H and O–H groups in total. The number of aromatic nitrogens is 1. The van der Waals surface area contributed by atoms with E-state index in [1.54, 1.807) is 18.3 Å². The first-order chi connectivity index (χ1) is 8.49. The van der Waals surface area contributed by atoms with Gasteiger partial charge in [-0.25, -0.2) is 9.37 Å². The largest absolute Gasteiger partial charge is 0.383 e. The fourth-order valence-electron chi connectivity index (χ4n) is 1.74. The lowest BCUT2D eigenvalue weighted by atomic mass is 9.99. The molecule has 3 nitrogen and oxygen atoms in total. The van der Waals surface area contributed by atoms with Crippen molar-refractivity contribution in [1.29, 1.82) is 0 Å². The van der Waals surface area contributed by atoms with E-state index >= 15 is 0 Å². The van der Waals surface area contributed by atoms with Gasteiger partial charge in [0.2, 0.25) is 0 Å². The first kappa shape index (κ1) is 13.0. The summed E-state index contributed by atoms with van der Waals surface area (Å²) in [7, 11) is 0. The Kier molecular flexibility index (Phi) is 3.63. The van der Waals surface area contributed by atoms with E-state index in [4.69, 9.17) is 11.5 Å². The molecule has 0 bridgehead atoms. The molecular weight excluding hydrogens is 297 g/mol. The molecule has 0 aliphatic carbocycles. The van der Waals surface area contributed by atoms with Gasteiger partial charge in [0.25, 0.3) is 0 Å². The summed E-state index contributed by atoms with van der Waals surface area (Å²) in [5.74, 6) is 0.0786. The fourth-order valence-corrected chi connectivity index (χ4v) is 2.13. The summed E-state index contributed by atoms with van der Waals surface area (Å²) in [6.07, 6.45) is 1.69. The SMILES string of the molecule is Cc1cnc(N)c(C(N)c2ccc(F)c(Br)c2)c1. The summed E-state index contributed by atoms with van der Waals surface area (Å²) in [5.41, 5.74) is 14.5. The van der Waals surface area contributed by atoms with Crippen LogP contribution in [-0.4, -0.2) is 4.98 Å². The maximum atomic E-state index is 13.2. The van der Waals surface area contributed by atoms with Gasteiger partial charge in [0.15, 0.2) is 0 Å². The van der Waals surface area contributed by atoms with Gasteiger partial charge in [0.1, 0.15) is 11.6 Å². The molecule has 0 spiro atoms. The molecular formula is C13H13BrFN3. The summed E-state index contributed by atoms with van der Waals surface area (Å²) in [6.45, 7) is 1.92. The Morgan fingerprint density at radius 2 is 2.06 bits per heavy atom. The molecule has 1 aromatic carbocycles. The highest BCUT2D eigenvalue weighted by atomic mass is 79.9. The molecule has 94 valence electrons. The van der Waals surface area contributed by atoms with Crippen LogP contribution in [0.5, 0.6) is 0 Å². The molecule has 18 heavy (non-hydrogen) atoms. The number of hydrogen-bond acceptors (Lipinski definition) is 3. The molecule has 1 unspecified atom stereocenters. The van der Waals surface area contributed by atoms with Crippen LogP contribution in [0.2, 0.25) is 0 Å². The van der Waals surface area contributed by atoms with Crippen molar-refractivity contribution in [1.82, 2.24) is 4.98 Å². The van der Waals surface area contributed by atoms with Crippen LogP contribution in [0.25, 0.3) is 0 Å². The smallest absolute Gasteiger partial charge is 0.137 e. The number of nitrogen functional groups attached to an aromatic ring is 1. The quantitative estimate of drug-likeness (QED) is 0.896. The monoisotopic (exact) mass is 309 g/mol. The maximum absolute atomic E-state index is 13.2. The van der Waals surface area contributed by atoms with Crippen molar-refractivity contribution in [3.63, 3.8) is 0 Å². The summed E-state index contributed by atoms with van der Waals surface area (Å²) < 4.78 is 13.6. The van der Waals surface area contributed by atoms with Crippen LogP contribution in [0.15, 0.2) is 34.9 Å².